The summed E-state index contributed by atoms with van der Waals surface area (Å²) >= 11 is 0. The third kappa shape index (κ3) is 2.43. The van der Waals surface area contributed by atoms with E-state index in [0.29, 0.717) is 17.7 Å². The quantitative estimate of drug-likeness (QED) is 0.867. The molecule has 2 aromatic heterocycles. The molecule has 114 valence electrons. The van der Waals surface area contributed by atoms with Crippen LogP contribution in [0.25, 0.3) is 0 Å². The molecule has 0 aromatic carbocycles. The Morgan fingerprint density at radius 3 is 2.95 bits per heavy atom. The van der Waals surface area contributed by atoms with Crippen LogP contribution in [0.15, 0.2) is 23.4 Å². The molecule has 2 aliphatic rings. The van der Waals surface area contributed by atoms with Gasteiger partial charge in [0, 0.05) is 42.9 Å². The second-order valence-electron chi connectivity index (χ2n) is 6.14. The van der Waals surface area contributed by atoms with E-state index in [1.165, 1.54) is 6.07 Å². The highest BCUT2D eigenvalue weighted by Crippen LogP contribution is 2.40. The summed E-state index contributed by atoms with van der Waals surface area (Å²) in [4.78, 5) is 35.1. The number of rotatable bonds is 4. The molecule has 2 saturated carbocycles. The molecule has 2 fully saturated rings. The fourth-order valence-corrected chi connectivity index (χ4v) is 2.79. The predicted octanol–water partition coefficient (Wildman–Crippen LogP) is 0.667. The molecule has 4 rings (SSSR count). The van der Waals surface area contributed by atoms with E-state index in [1.54, 1.807) is 6.33 Å². The molecule has 0 radical (unpaired) electrons. The van der Waals surface area contributed by atoms with E-state index in [2.05, 4.69) is 20.3 Å². The van der Waals surface area contributed by atoms with Crippen LogP contribution < -0.4 is 10.9 Å². The molecule has 1 amide bonds. The molecule has 2 aromatic rings. The van der Waals surface area contributed by atoms with Crippen molar-refractivity contribution in [2.75, 3.05) is 0 Å². The Kier molecular flexibility index (Phi) is 2.88. The SMILES string of the molecule is Cn1cncc1[C@@H]1C[C@H]1NC(=O)c1cc(=O)[nH]c(C2CC2)n1. The molecule has 0 unspecified atom stereocenters. The number of aromatic amines is 1. The fraction of sp³-hybridized carbons (Fsp3) is 0.467. The summed E-state index contributed by atoms with van der Waals surface area (Å²) in [7, 11) is 1.94. The highest BCUT2D eigenvalue weighted by Gasteiger charge is 2.41. The molecule has 2 aliphatic carbocycles. The van der Waals surface area contributed by atoms with E-state index in [4.69, 9.17) is 0 Å². The van der Waals surface area contributed by atoms with Gasteiger partial charge >= 0.3 is 0 Å². The lowest BCUT2D eigenvalue weighted by Gasteiger charge is -2.06. The second-order valence-corrected chi connectivity index (χ2v) is 6.14. The largest absolute Gasteiger partial charge is 0.347 e. The first-order valence-corrected chi connectivity index (χ1v) is 7.50. The van der Waals surface area contributed by atoms with Crippen LogP contribution in [0, 0.1) is 0 Å². The summed E-state index contributed by atoms with van der Waals surface area (Å²) < 4.78 is 1.97. The maximum atomic E-state index is 12.3. The molecule has 0 saturated heterocycles. The molecule has 2 N–H and O–H groups in total. The van der Waals surface area contributed by atoms with E-state index < -0.39 is 0 Å². The lowest BCUT2D eigenvalue weighted by atomic mass is 10.3. The maximum absolute atomic E-state index is 12.3. The van der Waals surface area contributed by atoms with Gasteiger partial charge < -0.3 is 14.9 Å². The summed E-state index contributed by atoms with van der Waals surface area (Å²) in [6.07, 6.45) is 6.53. The summed E-state index contributed by atoms with van der Waals surface area (Å²) in [5.41, 5.74) is 1.06. The number of nitrogens with zero attached hydrogens (tertiary/aromatic N) is 3. The van der Waals surface area contributed by atoms with Gasteiger partial charge in [0.25, 0.3) is 11.5 Å². The molecule has 0 bridgehead atoms. The second kappa shape index (κ2) is 4.79. The molecule has 2 atom stereocenters. The highest BCUT2D eigenvalue weighted by atomic mass is 16.2. The Hall–Kier alpha value is -2.44. The number of carbonyl (C=O) groups is 1. The van der Waals surface area contributed by atoms with Gasteiger partial charge in [-0.1, -0.05) is 0 Å². The minimum atomic E-state index is -0.275. The standard InChI is InChI=1S/C15H17N5O2/c1-20-7-16-6-12(20)9-4-10(9)18-15(22)11-5-13(21)19-14(17-11)8-2-3-8/h5-10H,2-4H2,1H3,(H,18,22)(H,17,19,21)/t9-,10-/m1/s1. The first-order chi connectivity index (χ1) is 10.6. The number of H-pyrrole nitrogens is 1. The Morgan fingerprint density at radius 1 is 1.45 bits per heavy atom. The van der Waals surface area contributed by atoms with Crippen molar-refractivity contribution < 1.29 is 4.79 Å². The Bertz CT molecular complexity index is 789. The number of carbonyl (C=O) groups excluding carboxylic acids is 1. The Morgan fingerprint density at radius 2 is 2.27 bits per heavy atom. The zero-order valence-corrected chi connectivity index (χ0v) is 12.2. The number of amides is 1. The monoisotopic (exact) mass is 299 g/mol. The van der Waals surface area contributed by atoms with Crippen molar-refractivity contribution in [1.82, 2.24) is 24.8 Å². The number of imidazole rings is 1. The Balaban J connectivity index is 1.47. The smallest absolute Gasteiger partial charge is 0.270 e. The van der Waals surface area contributed by atoms with Gasteiger partial charge in [0.05, 0.1) is 6.33 Å². The minimum absolute atomic E-state index is 0.0911. The van der Waals surface area contributed by atoms with E-state index in [-0.39, 0.29) is 23.2 Å². The lowest BCUT2D eigenvalue weighted by Crippen LogP contribution is -2.29. The van der Waals surface area contributed by atoms with Crippen molar-refractivity contribution in [1.29, 1.82) is 0 Å². The number of aromatic nitrogens is 4. The molecule has 7 nitrogen and oxygen atoms in total. The van der Waals surface area contributed by atoms with Crippen LogP contribution in [0.2, 0.25) is 0 Å². The van der Waals surface area contributed by atoms with Gasteiger partial charge in [-0.3, -0.25) is 9.59 Å². The van der Waals surface area contributed by atoms with Crippen LogP contribution in [0.5, 0.6) is 0 Å². The van der Waals surface area contributed by atoms with Crippen LogP contribution >= 0.6 is 0 Å². The third-order valence-corrected chi connectivity index (χ3v) is 4.30. The topological polar surface area (TPSA) is 92.7 Å². The molecule has 22 heavy (non-hydrogen) atoms. The van der Waals surface area contributed by atoms with Crippen molar-refractivity contribution in [2.24, 2.45) is 7.05 Å². The van der Waals surface area contributed by atoms with Gasteiger partial charge in [0.2, 0.25) is 0 Å². The van der Waals surface area contributed by atoms with Gasteiger partial charge in [-0.15, -0.1) is 0 Å². The first kappa shape index (κ1) is 13.2. The van der Waals surface area contributed by atoms with E-state index in [9.17, 15) is 9.59 Å². The third-order valence-electron chi connectivity index (χ3n) is 4.30. The van der Waals surface area contributed by atoms with Crippen molar-refractivity contribution >= 4 is 5.91 Å². The van der Waals surface area contributed by atoms with Crippen molar-refractivity contribution in [3.8, 4) is 0 Å². The first-order valence-electron chi connectivity index (χ1n) is 7.50. The van der Waals surface area contributed by atoms with Crippen LogP contribution in [0.1, 0.15) is 53.1 Å². The average molecular weight is 299 g/mol. The summed E-state index contributed by atoms with van der Waals surface area (Å²) in [5.74, 6) is 0.962. The molecular weight excluding hydrogens is 282 g/mol. The zero-order valence-electron chi connectivity index (χ0n) is 12.2. The van der Waals surface area contributed by atoms with Gasteiger partial charge in [-0.2, -0.15) is 0 Å². The molecule has 0 spiro atoms. The van der Waals surface area contributed by atoms with Gasteiger partial charge in [-0.25, -0.2) is 9.97 Å². The summed E-state index contributed by atoms with van der Waals surface area (Å²) in [5, 5.41) is 2.95. The number of hydrogen-bond donors (Lipinski definition) is 2. The normalized spacial score (nSPS) is 23.3. The number of nitrogens with one attached hydrogen (secondary N) is 2. The zero-order chi connectivity index (χ0) is 15.3. The number of aryl methyl sites for hydroxylation is 1. The van der Waals surface area contributed by atoms with Crippen LogP contribution in [0.3, 0.4) is 0 Å². The molecular formula is C15H17N5O2. The predicted molar refractivity (Wildman–Crippen MR) is 78.7 cm³/mol. The van der Waals surface area contributed by atoms with Crippen LogP contribution in [0.4, 0.5) is 0 Å². The van der Waals surface area contributed by atoms with E-state index in [0.717, 1.165) is 25.0 Å². The van der Waals surface area contributed by atoms with Crippen LogP contribution in [-0.4, -0.2) is 31.5 Å². The van der Waals surface area contributed by atoms with Crippen molar-refractivity contribution in [3.05, 3.63) is 46.2 Å². The summed E-state index contributed by atoms with van der Waals surface area (Å²) in [6, 6.07) is 1.36. The molecule has 2 heterocycles. The molecule has 0 aliphatic heterocycles. The minimum Gasteiger partial charge on any atom is -0.347 e. The van der Waals surface area contributed by atoms with Gasteiger partial charge in [0.1, 0.15) is 11.5 Å². The average Bonchev–Trinajstić information content (AvgIpc) is 3.39. The maximum Gasteiger partial charge on any atom is 0.270 e. The fourth-order valence-electron chi connectivity index (χ4n) is 2.79. The van der Waals surface area contributed by atoms with Crippen molar-refractivity contribution in [3.63, 3.8) is 0 Å². The van der Waals surface area contributed by atoms with E-state index >= 15 is 0 Å². The van der Waals surface area contributed by atoms with Gasteiger partial charge in [0.15, 0.2) is 0 Å². The lowest BCUT2D eigenvalue weighted by molar-refractivity contribution is 0.0944. The van der Waals surface area contributed by atoms with Gasteiger partial charge in [-0.05, 0) is 19.3 Å². The van der Waals surface area contributed by atoms with Crippen molar-refractivity contribution in [2.45, 2.75) is 37.1 Å². The highest BCUT2D eigenvalue weighted by molar-refractivity contribution is 5.92. The Labute approximate surface area is 126 Å². The molecule has 7 heteroatoms. The number of hydrogen-bond acceptors (Lipinski definition) is 4. The van der Waals surface area contributed by atoms with E-state index in [1.807, 2.05) is 17.8 Å². The van der Waals surface area contributed by atoms with Crippen LogP contribution in [-0.2, 0) is 7.05 Å². The summed E-state index contributed by atoms with van der Waals surface area (Å²) in [6.45, 7) is 0.